The summed E-state index contributed by atoms with van der Waals surface area (Å²) in [5.41, 5.74) is 3.88. The summed E-state index contributed by atoms with van der Waals surface area (Å²) in [5.74, 6) is -1.18. The molecule has 2 amide bonds. The Labute approximate surface area is 294 Å². The minimum Gasteiger partial charge on any atom is -0.489 e. The minimum absolute atomic E-state index is 0.0190. The molecule has 4 atom stereocenters. The maximum atomic E-state index is 13.7. The molecule has 1 aliphatic heterocycles. The van der Waals surface area contributed by atoms with E-state index in [1.165, 1.54) is 0 Å². The van der Waals surface area contributed by atoms with Crippen LogP contribution < -0.4 is 15.4 Å². The first-order chi connectivity index (χ1) is 24.5. The second-order valence-electron chi connectivity index (χ2n) is 12.7. The second kappa shape index (κ2) is 19.1. The van der Waals surface area contributed by atoms with Gasteiger partial charge in [-0.1, -0.05) is 115 Å². The van der Waals surface area contributed by atoms with Crippen LogP contribution in [0.25, 0.3) is 0 Å². The van der Waals surface area contributed by atoms with Crippen molar-refractivity contribution in [1.82, 2.24) is 10.6 Å². The van der Waals surface area contributed by atoms with Gasteiger partial charge in [-0.3, -0.25) is 14.4 Å². The number of aliphatic hydroxyl groups is 1. The van der Waals surface area contributed by atoms with Crippen molar-refractivity contribution in [3.8, 4) is 5.75 Å². The summed E-state index contributed by atoms with van der Waals surface area (Å²) in [6.07, 6.45) is 6.41. The van der Waals surface area contributed by atoms with Crippen LogP contribution >= 0.6 is 0 Å². The van der Waals surface area contributed by atoms with Gasteiger partial charge in [0.1, 0.15) is 19.0 Å². The number of hydrogen-bond acceptors (Lipinski definition) is 6. The summed E-state index contributed by atoms with van der Waals surface area (Å²) in [5, 5.41) is 16.1. The second-order valence-corrected chi connectivity index (χ2v) is 12.7. The number of carbonyl (C=O) groups excluding carboxylic acids is 3. The van der Waals surface area contributed by atoms with Crippen LogP contribution in [-0.2, 0) is 38.6 Å². The zero-order valence-corrected chi connectivity index (χ0v) is 28.3. The van der Waals surface area contributed by atoms with E-state index in [2.05, 4.69) is 10.6 Å². The van der Waals surface area contributed by atoms with Crippen LogP contribution in [0.5, 0.6) is 5.75 Å². The Hall–Kier alpha value is -5.21. The van der Waals surface area contributed by atoms with Crippen LogP contribution in [0.1, 0.15) is 54.0 Å². The summed E-state index contributed by atoms with van der Waals surface area (Å²) < 4.78 is 11.7. The average Bonchev–Trinajstić information content (AvgIpc) is 3.16. The van der Waals surface area contributed by atoms with Crippen molar-refractivity contribution in [3.63, 3.8) is 0 Å². The van der Waals surface area contributed by atoms with Crippen molar-refractivity contribution in [2.45, 2.75) is 57.2 Å². The third-order valence-electron chi connectivity index (χ3n) is 8.88. The number of ether oxygens (including phenoxy) is 2. The van der Waals surface area contributed by atoms with E-state index in [1.807, 2.05) is 127 Å². The molecule has 0 aliphatic carbocycles. The molecule has 0 spiro atoms. The number of aliphatic hydroxyl groups excluding tert-OH is 1. The van der Waals surface area contributed by atoms with Gasteiger partial charge in [-0.2, -0.15) is 0 Å². The molecule has 8 nitrogen and oxygen atoms in total. The summed E-state index contributed by atoms with van der Waals surface area (Å²) in [6, 6.07) is 35.7. The Morgan fingerprint density at radius 2 is 1.48 bits per heavy atom. The minimum atomic E-state index is -0.658. The predicted molar refractivity (Wildman–Crippen MR) is 193 cm³/mol. The SMILES string of the molecule is O=C(C[C@H]1CC=CCC[C@H](Cc2ccccc2)C(=O)OC[C@H](c2ccccc2)NC1=O)N[C@H](CO)Cc1ccc(OCc2ccccc2)cc1. The highest BCUT2D eigenvalue weighted by Gasteiger charge is 2.28. The Kier molecular flexibility index (Phi) is 13.8. The van der Waals surface area contributed by atoms with Gasteiger partial charge in [0.05, 0.1) is 30.5 Å². The number of amides is 2. The fraction of sp³-hybridized carbons (Fsp3) is 0.310. The highest BCUT2D eigenvalue weighted by atomic mass is 16.5. The highest BCUT2D eigenvalue weighted by Crippen LogP contribution is 2.22. The van der Waals surface area contributed by atoms with Gasteiger partial charge < -0.3 is 25.2 Å². The van der Waals surface area contributed by atoms with Crippen molar-refractivity contribution in [2.24, 2.45) is 11.8 Å². The van der Waals surface area contributed by atoms with Crippen molar-refractivity contribution in [1.29, 1.82) is 0 Å². The molecule has 0 aromatic heterocycles. The molecule has 3 N–H and O–H groups in total. The number of cyclic esters (lactones) is 1. The summed E-state index contributed by atoms with van der Waals surface area (Å²) in [7, 11) is 0. The fourth-order valence-corrected chi connectivity index (χ4v) is 6.06. The van der Waals surface area contributed by atoms with Crippen LogP contribution in [0.15, 0.2) is 127 Å². The third kappa shape index (κ3) is 11.4. The smallest absolute Gasteiger partial charge is 0.309 e. The molecule has 0 radical (unpaired) electrons. The number of carbonyl (C=O) groups is 3. The van der Waals surface area contributed by atoms with Gasteiger partial charge in [0.15, 0.2) is 0 Å². The Balaban J connectivity index is 1.21. The van der Waals surface area contributed by atoms with E-state index in [0.717, 1.165) is 28.0 Å². The number of esters is 1. The molecule has 0 unspecified atom stereocenters. The average molecular weight is 675 g/mol. The summed E-state index contributed by atoms with van der Waals surface area (Å²) in [6.45, 7) is 0.195. The molecule has 8 heteroatoms. The lowest BCUT2D eigenvalue weighted by molar-refractivity contribution is -0.150. The van der Waals surface area contributed by atoms with Crippen molar-refractivity contribution >= 4 is 17.8 Å². The molecule has 4 aromatic carbocycles. The molecule has 4 aromatic rings. The maximum Gasteiger partial charge on any atom is 0.309 e. The number of nitrogens with one attached hydrogen (secondary N) is 2. The molecule has 0 saturated carbocycles. The van der Waals surface area contributed by atoms with Crippen LogP contribution in [-0.4, -0.2) is 42.1 Å². The van der Waals surface area contributed by atoms with Crippen LogP contribution in [0.2, 0.25) is 0 Å². The van der Waals surface area contributed by atoms with Crippen molar-refractivity contribution in [2.75, 3.05) is 13.2 Å². The zero-order valence-electron chi connectivity index (χ0n) is 28.3. The normalized spacial score (nSPS) is 19.1. The van der Waals surface area contributed by atoms with E-state index in [-0.39, 0.29) is 43.3 Å². The van der Waals surface area contributed by atoms with Gasteiger partial charge in [0.2, 0.25) is 11.8 Å². The quantitative estimate of drug-likeness (QED) is 0.120. The lowest BCUT2D eigenvalue weighted by atomic mass is 9.94. The first-order valence-electron chi connectivity index (χ1n) is 17.3. The van der Waals surface area contributed by atoms with E-state index in [0.29, 0.717) is 38.7 Å². The van der Waals surface area contributed by atoms with E-state index in [9.17, 15) is 19.5 Å². The standard InChI is InChI=1S/C42H46N2O6/c45-28-37(26-32-21-23-38(24-22-32)49-29-33-15-7-2-8-16-33)43-40(46)27-35-19-11-4-12-20-36(25-31-13-5-1-6-14-31)42(48)50-30-39(44-41(35)47)34-17-9-3-10-18-34/h1-11,13-18,21-24,35-37,39,45H,12,19-20,25-30H2,(H,43,46)(H,44,47)/t35-,36-,37+,39-/m1/s1. The summed E-state index contributed by atoms with van der Waals surface area (Å²) >= 11 is 0. The summed E-state index contributed by atoms with van der Waals surface area (Å²) in [4.78, 5) is 40.3. The maximum absolute atomic E-state index is 13.7. The topological polar surface area (TPSA) is 114 Å². The molecule has 0 bridgehead atoms. The molecule has 5 rings (SSSR count). The predicted octanol–water partition coefficient (Wildman–Crippen LogP) is 6.29. The zero-order chi connectivity index (χ0) is 35.0. The van der Waals surface area contributed by atoms with Gasteiger partial charge in [-0.25, -0.2) is 0 Å². The number of benzene rings is 4. The first kappa shape index (κ1) is 36.1. The Morgan fingerprint density at radius 3 is 2.16 bits per heavy atom. The first-order valence-corrected chi connectivity index (χ1v) is 17.3. The van der Waals surface area contributed by atoms with Crippen molar-refractivity contribution in [3.05, 3.63) is 150 Å². The molecule has 0 fully saturated rings. The molecule has 50 heavy (non-hydrogen) atoms. The molecule has 1 heterocycles. The molecule has 1 aliphatic rings. The molecular formula is C42H46N2O6. The van der Waals surface area contributed by atoms with Crippen LogP contribution in [0, 0.1) is 11.8 Å². The van der Waals surface area contributed by atoms with Gasteiger partial charge in [-0.15, -0.1) is 0 Å². The van der Waals surface area contributed by atoms with Crippen LogP contribution in [0.3, 0.4) is 0 Å². The third-order valence-corrected chi connectivity index (χ3v) is 8.88. The Morgan fingerprint density at radius 1 is 0.820 bits per heavy atom. The van der Waals surface area contributed by atoms with Gasteiger partial charge in [0.25, 0.3) is 0 Å². The Bertz CT molecular complexity index is 1660. The monoisotopic (exact) mass is 674 g/mol. The van der Waals surface area contributed by atoms with Gasteiger partial charge in [0, 0.05) is 6.42 Å². The number of rotatable bonds is 12. The molecule has 0 saturated heterocycles. The van der Waals surface area contributed by atoms with Gasteiger partial charge in [-0.05, 0) is 66.5 Å². The van der Waals surface area contributed by atoms with E-state index in [1.54, 1.807) is 0 Å². The van der Waals surface area contributed by atoms with Crippen LogP contribution in [0.4, 0.5) is 0 Å². The van der Waals surface area contributed by atoms with Gasteiger partial charge >= 0.3 is 5.97 Å². The van der Waals surface area contributed by atoms with E-state index < -0.39 is 18.0 Å². The van der Waals surface area contributed by atoms with E-state index in [4.69, 9.17) is 9.47 Å². The largest absolute Gasteiger partial charge is 0.489 e. The molecular weight excluding hydrogens is 628 g/mol. The number of allylic oxidation sites excluding steroid dienone is 2. The lowest BCUT2D eigenvalue weighted by Gasteiger charge is -2.24. The highest BCUT2D eigenvalue weighted by molar-refractivity contribution is 5.86. The lowest BCUT2D eigenvalue weighted by Crippen LogP contribution is -2.42. The van der Waals surface area contributed by atoms with Crippen molar-refractivity contribution < 1.29 is 29.0 Å². The fourth-order valence-electron chi connectivity index (χ4n) is 6.06. The number of hydrogen-bond donors (Lipinski definition) is 3. The molecule has 260 valence electrons. The van der Waals surface area contributed by atoms with E-state index >= 15 is 0 Å².